The molecule has 0 aromatic heterocycles. The minimum Gasteiger partial charge on any atom is -0.469 e. The molecule has 0 saturated heterocycles. The van der Waals surface area contributed by atoms with Crippen LogP contribution in [0.4, 0.5) is 0 Å². The van der Waals surface area contributed by atoms with E-state index in [2.05, 4.69) is 0 Å². The zero-order chi connectivity index (χ0) is 16.8. The number of carbonyl (C=O) groups is 3. The second kappa shape index (κ2) is 7.76. The molecule has 0 amide bonds. The van der Waals surface area contributed by atoms with E-state index in [0.29, 0.717) is 0 Å². The Bertz CT molecular complexity index is 568. The molecular weight excluding hydrogens is 300 g/mol. The van der Waals surface area contributed by atoms with Gasteiger partial charge in [0.05, 0.1) is 18.9 Å². The largest absolute Gasteiger partial charge is 0.469 e. The topological polar surface area (TPSA) is 78.9 Å². The van der Waals surface area contributed by atoms with Gasteiger partial charge in [0.1, 0.15) is 12.7 Å². The smallest absolute Gasteiger partial charge is 0.310 e. The number of hydrogen-bond donors (Lipinski definition) is 0. The fourth-order valence-electron chi connectivity index (χ4n) is 2.83. The molecule has 0 heterocycles. The van der Waals surface area contributed by atoms with Crippen LogP contribution in [0.2, 0.25) is 0 Å². The van der Waals surface area contributed by atoms with Gasteiger partial charge >= 0.3 is 17.9 Å². The van der Waals surface area contributed by atoms with Gasteiger partial charge in [0, 0.05) is 6.92 Å². The molecule has 1 aliphatic rings. The number of hydrogen-bond acceptors (Lipinski definition) is 6. The molecule has 0 N–H and O–H groups in total. The standard InChI is InChI=1S/C17H20O6/c1-11(18)23-13-8-14(16(19)21-2)15(9-13)17(20)22-10-12-6-4-3-5-7-12/h3-7,13-15H,8-10H2,1-2H3/t13-,14+,15-/m1/s1. The normalized spacial score (nSPS) is 23.1. The van der Waals surface area contributed by atoms with E-state index in [-0.39, 0.29) is 19.4 Å². The van der Waals surface area contributed by atoms with Crippen LogP contribution in [-0.2, 0) is 35.2 Å². The summed E-state index contributed by atoms with van der Waals surface area (Å²) < 4.78 is 15.2. The molecule has 0 spiro atoms. The van der Waals surface area contributed by atoms with Crippen LogP contribution < -0.4 is 0 Å². The second-order valence-corrected chi connectivity index (χ2v) is 5.53. The second-order valence-electron chi connectivity index (χ2n) is 5.53. The fourth-order valence-corrected chi connectivity index (χ4v) is 2.83. The molecule has 3 atom stereocenters. The molecule has 6 nitrogen and oxygen atoms in total. The molecule has 1 aromatic carbocycles. The van der Waals surface area contributed by atoms with Crippen molar-refractivity contribution in [3.05, 3.63) is 35.9 Å². The summed E-state index contributed by atoms with van der Waals surface area (Å²) in [5, 5.41) is 0. The molecular formula is C17H20O6. The van der Waals surface area contributed by atoms with Gasteiger partial charge in [-0.05, 0) is 18.4 Å². The van der Waals surface area contributed by atoms with Crippen molar-refractivity contribution in [2.24, 2.45) is 11.8 Å². The van der Waals surface area contributed by atoms with Crippen molar-refractivity contribution < 1.29 is 28.6 Å². The van der Waals surface area contributed by atoms with E-state index >= 15 is 0 Å². The summed E-state index contributed by atoms with van der Waals surface area (Å²) in [6.07, 6.45) is 0.0792. The fraction of sp³-hybridized carbons (Fsp3) is 0.471. The Balaban J connectivity index is 2.00. The van der Waals surface area contributed by atoms with E-state index in [1.165, 1.54) is 14.0 Å². The SMILES string of the molecule is COC(=O)[C@H]1C[C@@H](OC(C)=O)C[C@H]1C(=O)OCc1ccccc1. The molecule has 0 radical (unpaired) electrons. The van der Waals surface area contributed by atoms with Crippen LogP contribution in [0.3, 0.4) is 0 Å². The maximum absolute atomic E-state index is 12.3. The molecule has 0 aliphatic heterocycles. The summed E-state index contributed by atoms with van der Waals surface area (Å²) in [5.41, 5.74) is 0.866. The first kappa shape index (κ1) is 17.0. The highest BCUT2D eigenvalue weighted by Crippen LogP contribution is 2.36. The quantitative estimate of drug-likeness (QED) is 0.608. The van der Waals surface area contributed by atoms with Crippen LogP contribution in [0.5, 0.6) is 0 Å². The van der Waals surface area contributed by atoms with Gasteiger partial charge in [-0.2, -0.15) is 0 Å². The molecule has 124 valence electrons. The number of ether oxygens (including phenoxy) is 3. The third-order valence-electron chi connectivity index (χ3n) is 3.88. The van der Waals surface area contributed by atoms with Gasteiger partial charge < -0.3 is 14.2 Å². The average molecular weight is 320 g/mol. The van der Waals surface area contributed by atoms with Crippen molar-refractivity contribution in [2.45, 2.75) is 32.5 Å². The number of benzene rings is 1. The Labute approximate surface area is 134 Å². The lowest BCUT2D eigenvalue weighted by atomic mass is 9.96. The number of carbonyl (C=O) groups excluding carboxylic acids is 3. The van der Waals surface area contributed by atoms with Crippen LogP contribution in [0, 0.1) is 11.8 Å². The first-order valence-corrected chi connectivity index (χ1v) is 7.47. The van der Waals surface area contributed by atoms with Crippen molar-refractivity contribution in [3.63, 3.8) is 0 Å². The summed E-state index contributed by atoms with van der Waals surface area (Å²) >= 11 is 0. The van der Waals surface area contributed by atoms with Crippen LogP contribution in [-0.4, -0.2) is 31.1 Å². The third kappa shape index (κ3) is 4.55. The summed E-state index contributed by atoms with van der Waals surface area (Å²) in [6.45, 7) is 1.44. The van der Waals surface area contributed by atoms with Gasteiger partial charge in [-0.15, -0.1) is 0 Å². The minimum atomic E-state index is -0.657. The van der Waals surface area contributed by atoms with Gasteiger partial charge in [-0.3, -0.25) is 14.4 Å². The van der Waals surface area contributed by atoms with Crippen molar-refractivity contribution in [3.8, 4) is 0 Å². The molecule has 1 saturated carbocycles. The lowest BCUT2D eigenvalue weighted by Crippen LogP contribution is -2.27. The first-order chi connectivity index (χ1) is 11.0. The van der Waals surface area contributed by atoms with Crippen LogP contribution >= 0.6 is 0 Å². The average Bonchev–Trinajstić information content (AvgIpc) is 2.96. The monoisotopic (exact) mass is 320 g/mol. The van der Waals surface area contributed by atoms with Gasteiger partial charge in [0.2, 0.25) is 0 Å². The van der Waals surface area contributed by atoms with Gasteiger partial charge in [0.15, 0.2) is 0 Å². The van der Waals surface area contributed by atoms with Crippen LogP contribution in [0.15, 0.2) is 30.3 Å². The lowest BCUT2D eigenvalue weighted by Gasteiger charge is -2.15. The third-order valence-corrected chi connectivity index (χ3v) is 3.88. The predicted molar refractivity (Wildman–Crippen MR) is 80.0 cm³/mol. The Morgan fingerprint density at radius 2 is 1.65 bits per heavy atom. The minimum absolute atomic E-state index is 0.141. The number of methoxy groups -OCH3 is 1. The molecule has 1 aliphatic carbocycles. The molecule has 1 aromatic rings. The summed E-state index contributed by atoms with van der Waals surface area (Å²) in [6, 6.07) is 9.28. The van der Waals surface area contributed by atoms with Crippen molar-refractivity contribution in [2.75, 3.05) is 7.11 Å². The Morgan fingerprint density at radius 3 is 2.22 bits per heavy atom. The maximum Gasteiger partial charge on any atom is 0.310 e. The van der Waals surface area contributed by atoms with E-state index in [4.69, 9.17) is 14.2 Å². The van der Waals surface area contributed by atoms with E-state index in [9.17, 15) is 14.4 Å². The highest BCUT2D eigenvalue weighted by molar-refractivity contribution is 5.83. The molecule has 1 fully saturated rings. The molecule has 0 bridgehead atoms. The lowest BCUT2D eigenvalue weighted by molar-refractivity contribution is -0.158. The van der Waals surface area contributed by atoms with Crippen molar-refractivity contribution in [1.29, 1.82) is 0 Å². The Morgan fingerprint density at radius 1 is 1.04 bits per heavy atom. The maximum atomic E-state index is 12.3. The van der Waals surface area contributed by atoms with Crippen molar-refractivity contribution >= 4 is 17.9 Å². The Kier molecular flexibility index (Phi) is 5.73. The van der Waals surface area contributed by atoms with Crippen LogP contribution in [0.1, 0.15) is 25.3 Å². The number of esters is 3. The zero-order valence-electron chi connectivity index (χ0n) is 13.2. The summed E-state index contributed by atoms with van der Waals surface area (Å²) in [4.78, 5) is 35.3. The number of rotatable bonds is 5. The first-order valence-electron chi connectivity index (χ1n) is 7.47. The van der Waals surface area contributed by atoms with Gasteiger partial charge in [0.25, 0.3) is 0 Å². The molecule has 6 heteroatoms. The van der Waals surface area contributed by atoms with Gasteiger partial charge in [-0.25, -0.2) is 0 Å². The van der Waals surface area contributed by atoms with Crippen LogP contribution in [0.25, 0.3) is 0 Å². The van der Waals surface area contributed by atoms with E-state index in [1.807, 2.05) is 30.3 Å². The zero-order valence-corrected chi connectivity index (χ0v) is 13.2. The molecule has 23 heavy (non-hydrogen) atoms. The van der Waals surface area contributed by atoms with E-state index in [0.717, 1.165) is 5.56 Å². The van der Waals surface area contributed by atoms with E-state index < -0.39 is 35.8 Å². The van der Waals surface area contributed by atoms with Gasteiger partial charge in [-0.1, -0.05) is 30.3 Å². The predicted octanol–water partition coefficient (Wildman–Crippen LogP) is 1.86. The van der Waals surface area contributed by atoms with Crippen molar-refractivity contribution in [1.82, 2.24) is 0 Å². The summed E-state index contributed by atoms with van der Waals surface area (Å²) in [5.74, 6) is -2.69. The highest BCUT2D eigenvalue weighted by atomic mass is 16.6. The highest BCUT2D eigenvalue weighted by Gasteiger charge is 2.45. The molecule has 0 unspecified atom stereocenters. The molecule has 2 rings (SSSR count). The Hall–Kier alpha value is -2.37. The van der Waals surface area contributed by atoms with E-state index in [1.54, 1.807) is 0 Å². The summed E-state index contributed by atoms with van der Waals surface area (Å²) in [7, 11) is 1.27.